The fourth-order valence-electron chi connectivity index (χ4n) is 4.04. The lowest BCUT2D eigenvalue weighted by molar-refractivity contribution is 0.0934. The van der Waals surface area contributed by atoms with Crippen LogP contribution in [-0.4, -0.2) is 37.5 Å². The number of benzene rings is 2. The molecule has 1 fully saturated rings. The molecule has 0 saturated carbocycles. The van der Waals surface area contributed by atoms with Gasteiger partial charge in [0, 0.05) is 29.3 Å². The van der Waals surface area contributed by atoms with Gasteiger partial charge in [0.05, 0.1) is 10.9 Å². The minimum Gasteiger partial charge on any atom is -0.345 e. The molecule has 0 aromatic heterocycles. The second-order valence-corrected chi connectivity index (χ2v) is 10.8. The summed E-state index contributed by atoms with van der Waals surface area (Å²) < 4.78 is 41.9. The van der Waals surface area contributed by atoms with Gasteiger partial charge in [-0.1, -0.05) is 24.6 Å². The third kappa shape index (κ3) is 4.13. The first-order valence-electron chi connectivity index (χ1n) is 10.2. The highest BCUT2D eigenvalue weighted by Gasteiger charge is 2.29. The standard InChI is InChI=1S/C22H25FN2O3S2/c1-15-8-9-16(14-20(15)30(27,28)25-11-3-2-4-12-25)22(26)24-19-10-13-29-21-17(19)6-5-7-18(21)23/h5-9,14,19H,2-4,10-13H2,1H3,(H,24,26)/t19-/m1/s1. The third-order valence-corrected chi connectivity index (χ3v) is 8.91. The smallest absolute Gasteiger partial charge is 0.251 e. The van der Waals surface area contributed by atoms with Crippen molar-refractivity contribution in [2.75, 3.05) is 18.8 Å². The second kappa shape index (κ2) is 8.69. The Kier molecular flexibility index (Phi) is 6.18. The summed E-state index contributed by atoms with van der Waals surface area (Å²) in [5.74, 6) is 0.0837. The zero-order valence-corrected chi connectivity index (χ0v) is 18.5. The van der Waals surface area contributed by atoms with Gasteiger partial charge in [0.2, 0.25) is 10.0 Å². The molecule has 1 amide bonds. The van der Waals surface area contributed by atoms with Gasteiger partial charge >= 0.3 is 0 Å². The van der Waals surface area contributed by atoms with E-state index in [1.807, 2.05) is 6.07 Å². The number of piperidine rings is 1. The van der Waals surface area contributed by atoms with E-state index in [0.717, 1.165) is 24.8 Å². The number of amides is 1. The molecule has 8 heteroatoms. The number of sulfonamides is 1. The van der Waals surface area contributed by atoms with Crippen LogP contribution in [0.15, 0.2) is 46.2 Å². The van der Waals surface area contributed by atoms with Gasteiger partial charge in [-0.15, -0.1) is 11.8 Å². The van der Waals surface area contributed by atoms with Crippen molar-refractivity contribution < 1.29 is 17.6 Å². The van der Waals surface area contributed by atoms with E-state index in [2.05, 4.69) is 5.32 Å². The van der Waals surface area contributed by atoms with E-state index in [4.69, 9.17) is 0 Å². The molecular weight excluding hydrogens is 423 g/mol. The van der Waals surface area contributed by atoms with Crippen LogP contribution in [-0.2, 0) is 10.0 Å². The first-order valence-corrected chi connectivity index (χ1v) is 12.6. The molecule has 0 aliphatic carbocycles. The van der Waals surface area contributed by atoms with Gasteiger partial charge in [0.25, 0.3) is 5.91 Å². The molecule has 30 heavy (non-hydrogen) atoms. The Morgan fingerprint density at radius 1 is 1.17 bits per heavy atom. The molecule has 1 atom stereocenters. The molecule has 4 rings (SSSR count). The average Bonchev–Trinajstić information content (AvgIpc) is 2.75. The molecule has 0 bridgehead atoms. The van der Waals surface area contributed by atoms with E-state index in [0.29, 0.717) is 41.3 Å². The van der Waals surface area contributed by atoms with Crippen molar-refractivity contribution in [3.63, 3.8) is 0 Å². The number of hydrogen-bond donors (Lipinski definition) is 1. The highest BCUT2D eigenvalue weighted by molar-refractivity contribution is 7.99. The fourth-order valence-corrected chi connectivity index (χ4v) is 6.95. The highest BCUT2D eigenvalue weighted by atomic mass is 32.2. The largest absolute Gasteiger partial charge is 0.345 e. The zero-order valence-electron chi connectivity index (χ0n) is 16.9. The minimum absolute atomic E-state index is 0.183. The Balaban J connectivity index is 1.59. The zero-order chi connectivity index (χ0) is 21.3. The van der Waals surface area contributed by atoms with Crippen LogP contribution in [0.25, 0.3) is 0 Å². The SMILES string of the molecule is Cc1ccc(C(=O)N[C@@H]2CCSc3c(F)cccc32)cc1S(=O)(=O)N1CCCCC1. The third-order valence-electron chi connectivity index (χ3n) is 5.71. The first kappa shape index (κ1) is 21.3. The second-order valence-electron chi connectivity index (χ2n) is 7.77. The van der Waals surface area contributed by atoms with Crippen LogP contribution in [0.4, 0.5) is 4.39 Å². The van der Waals surface area contributed by atoms with E-state index in [-0.39, 0.29) is 22.7 Å². The van der Waals surface area contributed by atoms with Crippen LogP contribution in [0.1, 0.15) is 53.2 Å². The molecule has 2 heterocycles. The van der Waals surface area contributed by atoms with Gasteiger partial charge < -0.3 is 5.32 Å². The lowest BCUT2D eigenvalue weighted by Crippen LogP contribution is -2.36. The number of hydrogen-bond acceptors (Lipinski definition) is 4. The Labute approximate surface area is 181 Å². The molecule has 160 valence electrons. The predicted octanol–water partition coefficient (Wildman–Crippen LogP) is 4.28. The van der Waals surface area contributed by atoms with Gasteiger partial charge in [0.15, 0.2) is 0 Å². The van der Waals surface area contributed by atoms with Crippen LogP contribution in [0.3, 0.4) is 0 Å². The monoisotopic (exact) mass is 448 g/mol. The van der Waals surface area contributed by atoms with Crippen LogP contribution in [0, 0.1) is 12.7 Å². The maximum absolute atomic E-state index is 14.1. The van der Waals surface area contributed by atoms with Crippen molar-refractivity contribution in [3.8, 4) is 0 Å². The topological polar surface area (TPSA) is 66.5 Å². The van der Waals surface area contributed by atoms with Crippen molar-refractivity contribution in [3.05, 3.63) is 58.9 Å². The van der Waals surface area contributed by atoms with E-state index in [1.165, 1.54) is 28.2 Å². The van der Waals surface area contributed by atoms with E-state index in [1.54, 1.807) is 25.1 Å². The van der Waals surface area contributed by atoms with E-state index < -0.39 is 10.0 Å². The lowest BCUT2D eigenvalue weighted by atomic mass is 10.0. The van der Waals surface area contributed by atoms with Gasteiger partial charge in [-0.2, -0.15) is 4.31 Å². The molecule has 2 aliphatic rings. The number of aryl methyl sites for hydroxylation is 1. The van der Waals surface area contributed by atoms with Gasteiger partial charge in [0.1, 0.15) is 5.82 Å². The maximum Gasteiger partial charge on any atom is 0.251 e. The quantitative estimate of drug-likeness (QED) is 0.758. The highest BCUT2D eigenvalue weighted by Crippen LogP contribution is 2.38. The summed E-state index contributed by atoms with van der Waals surface area (Å²) >= 11 is 1.45. The van der Waals surface area contributed by atoms with Crippen molar-refractivity contribution in [2.45, 2.75) is 48.4 Å². The molecule has 2 aromatic rings. The summed E-state index contributed by atoms with van der Waals surface area (Å²) in [5, 5.41) is 2.97. The number of rotatable bonds is 4. The number of nitrogens with one attached hydrogen (secondary N) is 1. The Morgan fingerprint density at radius 3 is 2.70 bits per heavy atom. The van der Waals surface area contributed by atoms with Gasteiger partial charge in [-0.3, -0.25) is 4.79 Å². The first-order chi connectivity index (χ1) is 14.4. The van der Waals surface area contributed by atoms with Crippen LogP contribution < -0.4 is 5.32 Å². The molecule has 1 saturated heterocycles. The normalized spacial score (nSPS) is 19.9. The number of halogens is 1. The predicted molar refractivity (Wildman–Crippen MR) is 116 cm³/mol. The molecule has 5 nitrogen and oxygen atoms in total. The van der Waals surface area contributed by atoms with Gasteiger partial charge in [-0.05, 0) is 55.5 Å². The molecule has 0 spiro atoms. The molecular formula is C22H25FN2O3S2. The summed E-state index contributed by atoms with van der Waals surface area (Å²) in [4.78, 5) is 13.7. The lowest BCUT2D eigenvalue weighted by Gasteiger charge is -2.27. The molecule has 1 N–H and O–H groups in total. The summed E-state index contributed by atoms with van der Waals surface area (Å²) in [5.41, 5.74) is 1.69. The Morgan fingerprint density at radius 2 is 1.93 bits per heavy atom. The maximum atomic E-state index is 14.1. The van der Waals surface area contributed by atoms with E-state index in [9.17, 15) is 17.6 Å². The Hall–Kier alpha value is -1.90. The summed E-state index contributed by atoms with van der Waals surface area (Å²) in [6.07, 6.45) is 3.44. The summed E-state index contributed by atoms with van der Waals surface area (Å²) in [6, 6.07) is 9.39. The van der Waals surface area contributed by atoms with Gasteiger partial charge in [-0.25, -0.2) is 12.8 Å². The fraction of sp³-hybridized carbons (Fsp3) is 0.409. The van der Waals surface area contributed by atoms with Crippen LogP contribution in [0.5, 0.6) is 0 Å². The molecule has 0 radical (unpaired) electrons. The minimum atomic E-state index is -3.64. The number of nitrogens with zero attached hydrogens (tertiary/aromatic N) is 1. The summed E-state index contributed by atoms with van der Waals surface area (Å²) in [7, 11) is -3.64. The Bertz CT molecular complexity index is 1070. The molecule has 2 aromatic carbocycles. The average molecular weight is 449 g/mol. The number of fused-ring (bicyclic) bond motifs is 1. The van der Waals surface area contributed by atoms with Crippen LogP contribution >= 0.6 is 11.8 Å². The van der Waals surface area contributed by atoms with E-state index >= 15 is 0 Å². The van der Waals surface area contributed by atoms with Crippen molar-refractivity contribution >= 4 is 27.7 Å². The van der Waals surface area contributed by atoms with Crippen LogP contribution in [0.2, 0.25) is 0 Å². The van der Waals surface area contributed by atoms with Crippen molar-refractivity contribution in [1.82, 2.24) is 9.62 Å². The van der Waals surface area contributed by atoms with Crippen molar-refractivity contribution in [1.29, 1.82) is 0 Å². The molecule has 0 unspecified atom stereocenters. The summed E-state index contributed by atoms with van der Waals surface area (Å²) in [6.45, 7) is 2.77. The number of carbonyl (C=O) groups is 1. The number of carbonyl (C=O) groups excluding carboxylic acids is 1. The van der Waals surface area contributed by atoms with Crippen molar-refractivity contribution in [2.24, 2.45) is 0 Å². The molecule has 2 aliphatic heterocycles. The number of thioether (sulfide) groups is 1.